The Balaban J connectivity index is -0.000000158. The number of rotatable bonds is 18. The number of carbonyl (C=O) groups is 4. The molecule has 0 aliphatic carbocycles. The number of hydrogen-bond acceptors (Lipinski definition) is 10. The van der Waals surface area contributed by atoms with Gasteiger partial charge in [0.2, 0.25) is 11.8 Å². The monoisotopic (exact) mass is 616 g/mol. The molecule has 0 radical (unpaired) electrons. The molecule has 0 heterocycles. The Kier molecular flexibility index (Phi) is 37.2. The molecule has 0 aliphatic rings. The minimum absolute atomic E-state index is 0. The summed E-state index contributed by atoms with van der Waals surface area (Å²) in [4.78, 5) is 42.3. The molecule has 2 unspecified atom stereocenters. The standard InChI is InChI=1S/2C10H19NO3S2.Na.Zn.H/c2*12-9(11-7-10(13)14)4-2-1-3-8(16)5-6-15;;;/h2*8,15-16H,1-7H2,(H,11,12)(H,13,14);;;/q;;+1;+2;-1/p-2. The van der Waals surface area contributed by atoms with Crippen molar-refractivity contribution in [2.24, 2.45) is 0 Å². The van der Waals surface area contributed by atoms with Gasteiger partial charge in [0.15, 0.2) is 0 Å². The predicted octanol–water partition coefficient (Wildman–Crippen LogP) is -2.82. The molecule has 2 amide bonds. The first kappa shape index (κ1) is 42.0. The van der Waals surface area contributed by atoms with Gasteiger partial charge in [-0.1, -0.05) is 12.8 Å². The summed E-state index contributed by atoms with van der Waals surface area (Å²) in [5, 5.41) is 25.3. The summed E-state index contributed by atoms with van der Waals surface area (Å²) in [5.41, 5.74) is 0. The summed E-state index contributed by atoms with van der Waals surface area (Å²) in [6.07, 6.45) is 7.89. The van der Waals surface area contributed by atoms with E-state index in [1.165, 1.54) is 0 Å². The molecule has 0 aromatic rings. The van der Waals surface area contributed by atoms with Crippen LogP contribution < -0.4 is 50.4 Å². The van der Waals surface area contributed by atoms with Crippen molar-refractivity contribution >= 4 is 74.3 Å². The number of amides is 2. The van der Waals surface area contributed by atoms with Crippen molar-refractivity contribution in [2.75, 3.05) is 24.6 Å². The third-order valence-electron chi connectivity index (χ3n) is 4.17. The molecule has 0 rings (SSSR count). The van der Waals surface area contributed by atoms with Crippen molar-refractivity contribution in [3.05, 3.63) is 0 Å². The number of hydrogen-bond donors (Lipinski definition) is 6. The molecule has 2 atom stereocenters. The molecular weight excluding hydrogens is 581 g/mol. The van der Waals surface area contributed by atoms with Crippen molar-refractivity contribution in [1.29, 1.82) is 0 Å². The fourth-order valence-corrected chi connectivity index (χ4v) is 4.09. The number of carboxylic acids is 2. The van der Waals surface area contributed by atoms with E-state index in [1.54, 1.807) is 0 Å². The van der Waals surface area contributed by atoms with Gasteiger partial charge in [0, 0.05) is 23.3 Å². The van der Waals surface area contributed by atoms with E-state index in [-0.39, 0.29) is 62.3 Å². The largest absolute Gasteiger partial charge is 2.00 e. The molecule has 0 fully saturated rings. The third kappa shape index (κ3) is 35.1. The summed E-state index contributed by atoms with van der Waals surface area (Å²) in [6, 6.07) is 0. The fraction of sp³-hybridized carbons (Fsp3) is 0.800. The summed E-state index contributed by atoms with van der Waals surface area (Å²) in [6.45, 7) is -0.818. The molecule has 34 heavy (non-hydrogen) atoms. The maximum absolute atomic E-state index is 11.1. The number of thiol groups is 4. The summed E-state index contributed by atoms with van der Waals surface area (Å²) < 4.78 is 0. The van der Waals surface area contributed by atoms with Crippen molar-refractivity contribution < 1.29 is 79.9 Å². The van der Waals surface area contributed by atoms with Crippen LogP contribution in [0.1, 0.15) is 65.6 Å². The van der Waals surface area contributed by atoms with Crippen LogP contribution in [-0.2, 0) is 38.7 Å². The van der Waals surface area contributed by atoms with Crippen molar-refractivity contribution in [2.45, 2.75) is 74.7 Å². The van der Waals surface area contributed by atoms with Crippen molar-refractivity contribution in [1.82, 2.24) is 10.6 Å². The van der Waals surface area contributed by atoms with Gasteiger partial charge in [-0.05, 0) is 50.0 Å². The van der Waals surface area contributed by atoms with Crippen LogP contribution in [0.2, 0.25) is 0 Å². The first-order valence-corrected chi connectivity index (χ1v) is 12.9. The number of carboxylic acid groups (broad SMARTS) is 2. The Hall–Kier alpha value is 0.903. The molecule has 0 aromatic carbocycles. The number of carbonyl (C=O) groups excluding carboxylic acids is 4. The second-order valence-electron chi connectivity index (χ2n) is 7.12. The summed E-state index contributed by atoms with van der Waals surface area (Å²) in [7, 11) is 0. The smallest absolute Gasteiger partial charge is 1.00 e. The first-order chi connectivity index (χ1) is 15.1. The van der Waals surface area contributed by atoms with Crippen LogP contribution in [0, 0.1) is 0 Å². The molecule has 0 saturated heterocycles. The Labute approximate surface area is 261 Å². The SMILES string of the molecule is O=C([O-])CNC(=O)CCCCC(S)CCS.O=C([O-])CNC(=O)CCCCC(S)CCS.[H-].[Na+].[Zn+2]. The fourth-order valence-electron chi connectivity index (χ4n) is 2.44. The summed E-state index contributed by atoms with van der Waals surface area (Å²) >= 11 is 17.0. The Morgan fingerprint density at radius 2 is 1.00 bits per heavy atom. The van der Waals surface area contributed by atoms with E-state index in [1.807, 2.05) is 0 Å². The van der Waals surface area contributed by atoms with Crippen LogP contribution in [0.5, 0.6) is 0 Å². The zero-order chi connectivity index (χ0) is 24.8. The van der Waals surface area contributed by atoms with Gasteiger partial charge in [-0.25, -0.2) is 0 Å². The topological polar surface area (TPSA) is 138 Å². The van der Waals surface area contributed by atoms with Crippen LogP contribution in [0.25, 0.3) is 0 Å². The van der Waals surface area contributed by atoms with Gasteiger partial charge in [-0.3, -0.25) is 9.59 Å². The van der Waals surface area contributed by atoms with Crippen LogP contribution in [-0.4, -0.2) is 58.8 Å². The van der Waals surface area contributed by atoms with E-state index in [0.29, 0.717) is 23.3 Å². The van der Waals surface area contributed by atoms with Crippen molar-refractivity contribution in [3.63, 3.8) is 0 Å². The zero-order valence-electron chi connectivity index (χ0n) is 21.0. The Bertz CT molecular complexity index is 514. The van der Waals surface area contributed by atoms with Crippen LogP contribution in [0.4, 0.5) is 0 Å². The average Bonchev–Trinajstić information content (AvgIpc) is 2.72. The van der Waals surface area contributed by atoms with Gasteiger partial charge in [-0.2, -0.15) is 50.5 Å². The molecule has 8 nitrogen and oxygen atoms in total. The second-order valence-corrected chi connectivity index (χ2v) is 9.48. The summed E-state index contributed by atoms with van der Waals surface area (Å²) in [5.74, 6) is -1.38. The molecule has 0 spiro atoms. The number of unbranched alkanes of at least 4 members (excludes halogenated alkanes) is 2. The van der Waals surface area contributed by atoms with Gasteiger partial charge in [0.25, 0.3) is 0 Å². The van der Waals surface area contributed by atoms with E-state index < -0.39 is 25.0 Å². The average molecular weight is 618 g/mol. The van der Waals surface area contributed by atoms with Gasteiger partial charge >= 0.3 is 49.0 Å². The minimum Gasteiger partial charge on any atom is -1.00 e. The second kappa shape index (κ2) is 30.1. The molecule has 0 aliphatic heterocycles. The van der Waals surface area contributed by atoms with Gasteiger partial charge in [0.05, 0.1) is 25.0 Å². The molecule has 0 saturated carbocycles. The molecule has 0 aromatic heterocycles. The number of nitrogens with one attached hydrogen (secondary N) is 2. The molecule has 14 heteroatoms. The quantitative estimate of drug-likeness (QED) is 0.0558. The van der Waals surface area contributed by atoms with E-state index in [9.17, 15) is 29.4 Å². The van der Waals surface area contributed by atoms with Gasteiger partial charge in [-0.15, -0.1) is 0 Å². The molecule has 2 N–H and O–H groups in total. The normalized spacial score (nSPS) is 11.4. The first-order valence-electron chi connectivity index (χ1n) is 10.6. The van der Waals surface area contributed by atoms with E-state index in [4.69, 9.17) is 0 Å². The Morgan fingerprint density at radius 3 is 1.26 bits per heavy atom. The maximum Gasteiger partial charge on any atom is 2.00 e. The van der Waals surface area contributed by atoms with Gasteiger partial charge in [0.1, 0.15) is 0 Å². The minimum atomic E-state index is -1.27. The van der Waals surface area contributed by atoms with Crippen LogP contribution >= 0.6 is 50.5 Å². The van der Waals surface area contributed by atoms with Crippen LogP contribution in [0.3, 0.4) is 0 Å². The van der Waals surface area contributed by atoms with Gasteiger partial charge < -0.3 is 31.9 Å². The van der Waals surface area contributed by atoms with E-state index in [0.717, 1.165) is 62.9 Å². The predicted molar refractivity (Wildman–Crippen MR) is 137 cm³/mol. The maximum atomic E-state index is 11.1. The van der Waals surface area contributed by atoms with Crippen LogP contribution in [0.15, 0.2) is 0 Å². The van der Waals surface area contributed by atoms with Crippen molar-refractivity contribution in [3.8, 4) is 0 Å². The van der Waals surface area contributed by atoms with E-state index in [2.05, 4.69) is 61.1 Å². The number of aliphatic carboxylic acids is 2. The van der Waals surface area contributed by atoms with E-state index >= 15 is 0 Å². The molecule has 190 valence electrons. The zero-order valence-corrected chi connectivity index (χ0v) is 28.5. The molecular formula is C20H37N2NaO6S4Zn. The molecule has 0 bridgehead atoms. The Morgan fingerprint density at radius 1 is 0.676 bits per heavy atom. The third-order valence-corrected chi connectivity index (χ3v) is 5.72.